The van der Waals surface area contributed by atoms with Gasteiger partial charge in [-0.1, -0.05) is 37.6 Å². The van der Waals surface area contributed by atoms with Crippen molar-refractivity contribution in [3.8, 4) is 5.75 Å². The van der Waals surface area contributed by atoms with Gasteiger partial charge in [-0.05, 0) is 60.9 Å². The van der Waals surface area contributed by atoms with Gasteiger partial charge in [-0.25, -0.2) is 8.42 Å². The number of halogens is 3. The first-order chi connectivity index (χ1) is 19.0. The number of amides is 1. The molecule has 40 heavy (non-hydrogen) atoms. The van der Waals surface area contributed by atoms with E-state index in [2.05, 4.69) is 11.6 Å². The molecule has 0 aromatic heterocycles. The summed E-state index contributed by atoms with van der Waals surface area (Å²) in [4.78, 5) is 16.2. The molecule has 0 radical (unpaired) electrons. The Morgan fingerprint density at radius 3 is 2.27 bits per heavy atom. The number of carbonyl (C=O) groups is 1. The monoisotopic (exact) mass is 575 g/mol. The number of hydrogen-bond acceptors (Lipinski definition) is 5. The van der Waals surface area contributed by atoms with Crippen LogP contribution in [0.3, 0.4) is 0 Å². The van der Waals surface area contributed by atoms with Gasteiger partial charge in [0.1, 0.15) is 5.75 Å². The highest BCUT2D eigenvalue weighted by Gasteiger charge is 2.38. The molecule has 1 saturated heterocycles. The third-order valence-electron chi connectivity index (χ3n) is 6.86. The van der Waals surface area contributed by atoms with Crippen molar-refractivity contribution in [1.29, 1.82) is 0 Å². The van der Waals surface area contributed by atoms with Gasteiger partial charge in [0.25, 0.3) is 15.9 Å². The molecule has 4 rings (SSSR count). The number of benzene rings is 3. The second kappa shape index (κ2) is 12.2. The molecule has 0 aliphatic carbocycles. The summed E-state index contributed by atoms with van der Waals surface area (Å²) in [5, 5.41) is 0. The van der Waals surface area contributed by atoms with Crippen molar-refractivity contribution >= 4 is 27.3 Å². The third kappa shape index (κ3) is 6.70. The number of hydrogen-bond donors (Lipinski definition) is 1. The van der Waals surface area contributed by atoms with E-state index in [-0.39, 0.29) is 18.8 Å². The van der Waals surface area contributed by atoms with Crippen LogP contribution in [-0.4, -0.2) is 52.5 Å². The number of nitrogens with one attached hydrogen (secondary N) is 1. The summed E-state index contributed by atoms with van der Waals surface area (Å²) in [7, 11) is -2.70. The predicted molar refractivity (Wildman–Crippen MR) is 148 cm³/mol. The maximum atomic E-state index is 13.9. The van der Waals surface area contributed by atoms with Crippen molar-refractivity contribution in [2.75, 3.05) is 42.9 Å². The summed E-state index contributed by atoms with van der Waals surface area (Å²) in [6, 6.07) is 16.5. The Balaban J connectivity index is 1.55. The average molecular weight is 576 g/mol. The molecule has 7 nitrogen and oxygen atoms in total. The zero-order valence-electron chi connectivity index (χ0n) is 22.4. The zero-order chi connectivity index (χ0) is 28.9. The van der Waals surface area contributed by atoms with E-state index < -0.39 is 38.1 Å². The van der Waals surface area contributed by atoms with Crippen molar-refractivity contribution in [3.05, 3.63) is 83.4 Å². The molecule has 1 fully saturated rings. The van der Waals surface area contributed by atoms with Gasteiger partial charge in [0.2, 0.25) is 0 Å². The van der Waals surface area contributed by atoms with Gasteiger partial charge in [0.15, 0.2) is 0 Å². The van der Waals surface area contributed by atoms with Crippen LogP contribution in [0.1, 0.15) is 41.3 Å². The molecule has 1 amide bonds. The zero-order valence-corrected chi connectivity index (χ0v) is 23.2. The van der Waals surface area contributed by atoms with E-state index in [9.17, 15) is 26.4 Å². The minimum atomic E-state index is -4.84. The lowest BCUT2D eigenvalue weighted by atomic mass is 10.1. The molecule has 0 atom stereocenters. The normalized spacial score (nSPS) is 14.2. The molecule has 3 aromatic rings. The average Bonchev–Trinajstić information content (AvgIpc) is 2.95. The van der Waals surface area contributed by atoms with E-state index in [1.165, 1.54) is 4.90 Å². The summed E-state index contributed by atoms with van der Waals surface area (Å²) in [5.41, 5.74) is 0.282. The Labute approximate surface area is 232 Å². The number of piperazine rings is 1. The first-order valence-electron chi connectivity index (χ1n) is 13.0. The van der Waals surface area contributed by atoms with Crippen LogP contribution in [-0.2, 0) is 22.6 Å². The second-order valence-corrected chi connectivity index (χ2v) is 11.2. The van der Waals surface area contributed by atoms with E-state index in [1.54, 1.807) is 31.4 Å². The molecule has 0 bridgehead atoms. The first kappa shape index (κ1) is 29.3. The lowest BCUT2D eigenvalue weighted by molar-refractivity contribution is -0.138. The van der Waals surface area contributed by atoms with Crippen LogP contribution in [0.2, 0.25) is 0 Å². The molecule has 0 unspecified atom stereocenters. The van der Waals surface area contributed by atoms with Gasteiger partial charge < -0.3 is 14.5 Å². The quantitative estimate of drug-likeness (QED) is 0.348. The fraction of sp³-hybridized carbons (Fsp3) is 0.345. The van der Waals surface area contributed by atoms with Gasteiger partial charge in [-0.2, -0.15) is 13.2 Å². The summed E-state index contributed by atoms with van der Waals surface area (Å²) in [5.74, 6) is -0.216. The number of anilines is 2. The fourth-order valence-corrected chi connectivity index (χ4v) is 5.75. The van der Waals surface area contributed by atoms with E-state index in [1.807, 2.05) is 29.2 Å². The number of sulfonamides is 1. The molecule has 3 aromatic carbocycles. The van der Waals surface area contributed by atoms with Crippen LogP contribution >= 0.6 is 0 Å². The summed E-state index contributed by atoms with van der Waals surface area (Å²) >= 11 is 0. The molecular weight excluding hydrogens is 543 g/mol. The van der Waals surface area contributed by atoms with E-state index >= 15 is 0 Å². The molecule has 1 aliphatic rings. The minimum Gasteiger partial charge on any atom is -0.495 e. The minimum absolute atomic E-state index is 0.161. The highest BCUT2D eigenvalue weighted by molar-refractivity contribution is 7.92. The van der Waals surface area contributed by atoms with Crippen LogP contribution in [0, 0.1) is 0 Å². The van der Waals surface area contributed by atoms with Crippen molar-refractivity contribution in [2.45, 2.75) is 37.3 Å². The Bertz CT molecular complexity index is 1440. The van der Waals surface area contributed by atoms with Crippen molar-refractivity contribution in [3.63, 3.8) is 0 Å². The molecule has 0 spiro atoms. The molecular formula is C29H32F3N3O4S. The van der Waals surface area contributed by atoms with Crippen molar-refractivity contribution < 1.29 is 31.1 Å². The van der Waals surface area contributed by atoms with Crippen LogP contribution in [0.4, 0.5) is 24.5 Å². The Morgan fingerprint density at radius 2 is 1.65 bits per heavy atom. The molecule has 0 saturated carbocycles. The van der Waals surface area contributed by atoms with Gasteiger partial charge in [0.05, 0.1) is 28.8 Å². The Morgan fingerprint density at radius 1 is 0.975 bits per heavy atom. The van der Waals surface area contributed by atoms with Gasteiger partial charge in [-0.15, -0.1) is 0 Å². The topological polar surface area (TPSA) is 79.0 Å². The number of ether oxygens (including phenoxy) is 1. The van der Waals surface area contributed by atoms with Crippen LogP contribution < -0.4 is 14.4 Å². The van der Waals surface area contributed by atoms with Gasteiger partial charge >= 0.3 is 6.18 Å². The number of rotatable bonds is 9. The summed E-state index contributed by atoms with van der Waals surface area (Å²) in [6.07, 6.45) is -1.95. The highest BCUT2D eigenvalue weighted by Crippen LogP contribution is 2.35. The molecule has 214 valence electrons. The molecule has 11 heteroatoms. The lowest BCUT2D eigenvalue weighted by Crippen LogP contribution is -2.49. The molecule has 1 heterocycles. The first-order valence-corrected chi connectivity index (χ1v) is 14.5. The highest BCUT2D eigenvalue weighted by atomic mass is 32.2. The number of carbonyl (C=O) groups excluding carboxylic acids is 1. The van der Waals surface area contributed by atoms with E-state index in [4.69, 9.17) is 4.74 Å². The smallest absolute Gasteiger partial charge is 0.417 e. The van der Waals surface area contributed by atoms with Crippen LogP contribution in [0.15, 0.2) is 71.6 Å². The predicted octanol–water partition coefficient (Wildman–Crippen LogP) is 5.82. The van der Waals surface area contributed by atoms with Crippen LogP contribution in [0.25, 0.3) is 0 Å². The fourth-order valence-electron chi connectivity index (χ4n) is 4.66. The van der Waals surface area contributed by atoms with Gasteiger partial charge in [-0.3, -0.25) is 9.52 Å². The Hall–Kier alpha value is -3.73. The Kier molecular flexibility index (Phi) is 8.92. The third-order valence-corrected chi connectivity index (χ3v) is 8.23. The van der Waals surface area contributed by atoms with Gasteiger partial charge in [0, 0.05) is 31.9 Å². The number of para-hydroxylation sites is 2. The number of methoxy groups -OCH3 is 1. The maximum absolute atomic E-state index is 13.9. The van der Waals surface area contributed by atoms with Crippen molar-refractivity contribution in [1.82, 2.24) is 4.90 Å². The second-order valence-electron chi connectivity index (χ2n) is 9.56. The van der Waals surface area contributed by atoms with E-state index in [0.717, 1.165) is 42.6 Å². The van der Waals surface area contributed by atoms with E-state index in [0.29, 0.717) is 24.9 Å². The summed E-state index contributed by atoms with van der Waals surface area (Å²) in [6.45, 7) is 3.15. The number of nitrogens with zero attached hydrogens (tertiary/aromatic N) is 2. The largest absolute Gasteiger partial charge is 0.495 e. The van der Waals surface area contributed by atoms with Crippen molar-refractivity contribution in [2.24, 2.45) is 0 Å². The standard InChI is InChI=1S/C29H32F3N3O4S/c1-3-4-7-21-10-12-22(13-11-21)33-40(37,38)23-14-15-25(29(30,31)32)24(20-23)28(36)35-18-16-34(17-19-35)26-8-5-6-9-27(26)39-2/h5-6,8-15,20,33H,3-4,7,16-19H2,1-2H3. The number of unbranched alkanes of at least 4 members (excludes halogenated alkanes) is 1. The molecule has 1 N–H and O–H groups in total. The lowest BCUT2D eigenvalue weighted by Gasteiger charge is -2.37. The molecule has 1 aliphatic heterocycles. The maximum Gasteiger partial charge on any atom is 0.417 e. The van der Waals surface area contributed by atoms with Crippen LogP contribution in [0.5, 0.6) is 5.75 Å². The number of aryl methyl sites for hydroxylation is 1. The SMILES string of the molecule is CCCCc1ccc(NS(=O)(=O)c2ccc(C(F)(F)F)c(C(=O)N3CCN(c4ccccc4OC)CC3)c2)cc1. The number of alkyl halides is 3. The summed E-state index contributed by atoms with van der Waals surface area (Å²) < 4.78 is 75.6.